The van der Waals surface area contributed by atoms with Gasteiger partial charge >= 0.3 is 5.97 Å². The van der Waals surface area contributed by atoms with Gasteiger partial charge in [0, 0.05) is 0 Å². The summed E-state index contributed by atoms with van der Waals surface area (Å²) in [4.78, 5) is 13.3. The monoisotopic (exact) mass is 565 g/mol. The summed E-state index contributed by atoms with van der Waals surface area (Å²) in [5, 5.41) is 10.7. The first-order valence-corrected chi connectivity index (χ1v) is 16.4. The number of methoxy groups -OCH3 is 1. The van der Waals surface area contributed by atoms with E-state index in [9.17, 15) is 22.9 Å². The van der Waals surface area contributed by atoms with E-state index in [1.54, 1.807) is 6.92 Å². The molecule has 0 bridgehead atoms. The normalized spacial score (nSPS) is 48.0. The van der Waals surface area contributed by atoms with E-state index in [-0.39, 0.29) is 27.6 Å². The minimum Gasteiger partial charge on any atom is -0.726 e. The Morgan fingerprint density at radius 3 is 2.26 bits per heavy atom. The summed E-state index contributed by atoms with van der Waals surface area (Å²) in [6.45, 7) is 13.2. The van der Waals surface area contributed by atoms with Crippen LogP contribution in [0.1, 0.15) is 106 Å². The molecule has 0 aromatic rings. The SMILES string of the molecule is COC(=O)[C@]1(C)[C@@H](OS(=O)(=O)[O-])CC[C@]23C[C@]24CC[C@]2(C)[C@@H]([C@H](C)C[C@@H](O)C=C(C)C)CC[C@@]2(C)[C@@H]4CC[C@@H]13. The number of hydrogen-bond donors (Lipinski definition) is 1. The highest BCUT2D eigenvalue weighted by Gasteiger charge is 2.83. The first-order chi connectivity index (χ1) is 18.0. The number of allylic oxidation sites excluding steroid dienone is 1. The van der Waals surface area contributed by atoms with Crippen LogP contribution < -0.4 is 0 Å². The van der Waals surface area contributed by atoms with Crippen LogP contribution in [0.5, 0.6) is 0 Å². The predicted molar refractivity (Wildman–Crippen MR) is 147 cm³/mol. The summed E-state index contributed by atoms with van der Waals surface area (Å²) in [6, 6.07) is 0. The summed E-state index contributed by atoms with van der Waals surface area (Å²) in [6.07, 6.45) is 10.1. The Labute approximate surface area is 235 Å². The zero-order chi connectivity index (χ0) is 28.8. The number of fused-ring (bicyclic) bond motifs is 2. The highest BCUT2D eigenvalue weighted by atomic mass is 32.3. The van der Waals surface area contributed by atoms with Crippen molar-refractivity contribution in [2.45, 2.75) is 118 Å². The molecule has 5 aliphatic carbocycles. The second-order valence-corrected chi connectivity index (χ2v) is 16.0. The molecule has 5 aliphatic rings. The van der Waals surface area contributed by atoms with Gasteiger partial charge in [-0.1, -0.05) is 32.4 Å². The third-order valence-corrected chi connectivity index (χ3v) is 13.9. The lowest BCUT2D eigenvalue weighted by Gasteiger charge is -2.63. The third-order valence-electron chi connectivity index (χ3n) is 13.5. The van der Waals surface area contributed by atoms with Crippen molar-refractivity contribution in [3.05, 3.63) is 11.6 Å². The van der Waals surface area contributed by atoms with Gasteiger partial charge in [-0.15, -0.1) is 0 Å². The first kappa shape index (κ1) is 29.5. The minimum atomic E-state index is -4.94. The molecule has 7 nitrogen and oxygen atoms in total. The zero-order valence-electron chi connectivity index (χ0n) is 24.9. The van der Waals surface area contributed by atoms with Crippen molar-refractivity contribution in [1.82, 2.24) is 0 Å². The Hall–Kier alpha value is -0.960. The van der Waals surface area contributed by atoms with Gasteiger partial charge in [-0.05, 0) is 130 Å². The Bertz CT molecular complexity index is 1150. The molecule has 39 heavy (non-hydrogen) atoms. The molecule has 5 saturated carbocycles. The molecule has 222 valence electrons. The van der Waals surface area contributed by atoms with E-state index in [4.69, 9.17) is 8.92 Å². The van der Waals surface area contributed by atoms with Gasteiger partial charge in [-0.25, -0.2) is 8.42 Å². The topological polar surface area (TPSA) is 113 Å². The Morgan fingerprint density at radius 2 is 1.64 bits per heavy atom. The molecular weight excluding hydrogens is 516 g/mol. The first-order valence-electron chi connectivity index (χ1n) is 15.1. The van der Waals surface area contributed by atoms with E-state index in [0.29, 0.717) is 24.2 Å². The summed E-state index contributed by atoms with van der Waals surface area (Å²) in [5.74, 6) is 1.04. The quantitative estimate of drug-likeness (QED) is 0.180. The Balaban J connectivity index is 1.44. The average Bonchev–Trinajstić information content (AvgIpc) is 3.41. The molecule has 1 N–H and O–H groups in total. The highest BCUT2D eigenvalue weighted by molar-refractivity contribution is 7.80. The van der Waals surface area contributed by atoms with E-state index in [0.717, 1.165) is 50.5 Å². The van der Waals surface area contributed by atoms with Crippen molar-refractivity contribution in [2.24, 2.45) is 50.7 Å². The van der Waals surface area contributed by atoms with Gasteiger partial charge in [0.25, 0.3) is 0 Å². The van der Waals surface area contributed by atoms with Crippen LogP contribution in [0, 0.1) is 50.7 Å². The molecule has 0 heterocycles. The molecule has 0 unspecified atom stereocenters. The van der Waals surface area contributed by atoms with Crippen LogP contribution in [-0.2, 0) is 24.1 Å². The minimum absolute atomic E-state index is 0.0287. The van der Waals surface area contributed by atoms with Gasteiger partial charge in [0.1, 0.15) is 0 Å². The van der Waals surface area contributed by atoms with Crippen LogP contribution in [0.25, 0.3) is 0 Å². The van der Waals surface area contributed by atoms with Gasteiger partial charge in [0.15, 0.2) is 0 Å². The number of ether oxygens (including phenoxy) is 1. The fraction of sp³-hybridized carbons (Fsp3) is 0.903. The van der Waals surface area contributed by atoms with Crippen molar-refractivity contribution in [3.8, 4) is 0 Å². The lowest BCUT2D eigenvalue weighted by Crippen LogP contribution is -2.60. The van der Waals surface area contributed by atoms with Crippen LogP contribution in [0.2, 0.25) is 0 Å². The molecule has 0 aromatic heterocycles. The average molecular weight is 566 g/mol. The number of carbonyl (C=O) groups excluding carboxylic acids is 1. The maximum Gasteiger partial charge on any atom is 0.314 e. The van der Waals surface area contributed by atoms with Crippen molar-refractivity contribution in [1.29, 1.82) is 0 Å². The van der Waals surface area contributed by atoms with Crippen molar-refractivity contribution >= 4 is 16.4 Å². The molecule has 0 aliphatic heterocycles. The summed E-state index contributed by atoms with van der Waals surface area (Å²) in [5.41, 5.74) is 0.507. The fourth-order valence-electron chi connectivity index (χ4n) is 11.8. The number of hydrogen-bond acceptors (Lipinski definition) is 7. The molecule has 0 saturated heterocycles. The summed E-state index contributed by atoms with van der Waals surface area (Å²) < 4.78 is 45.2. The van der Waals surface area contributed by atoms with Crippen LogP contribution >= 0.6 is 0 Å². The molecule has 5 fully saturated rings. The van der Waals surface area contributed by atoms with E-state index >= 15 is 0 Å². The second-order valence-electron chi connectivity index (χ2n) is 15.0. The molecule has 8 heteroatoms. The van der Waals surface area contributed by atoms with Crippen molar-refractivity contribution < 1.29 is 31.8 Å². The molecule has 5 rings (SSSR count). The molecule has 0 radical (unpaired) electrons. The lowest BCUT2D eigenvalue weighted by molar-refractivity contribution is -0.189. The van der Waals surface area contributed by atoms with Gasteiger partial charge in [0.05, 0.1) is 24.7 Å². The number of rotatable bonds is 7. The second kappa shape index (κ2) is 9.27. The van der Waals surface area contributed by atoms with Crippen LogP contribution in [0.15, 0.2) is 11.6 Å². The standard InChI is InChI=1S/C31H50O7S/c1-19(2)16-21(32)17-20(3)22-10-12-28(5)23-8-9-24-29(6,26(33)37-7)25(38-39(34,35)36)11-13-30(24)18-31(23,30)15-14-27(22,28)4/h16,20-25,32H,8-15,17-18H2,1-7H3,(H,34,35,36)/p-1/t20-,21+,22-,23+,24+,25+,27-,28+,29+,30-,31+/m1/s1. The van der Waals surface area contributed by atoms with Crippen molar-refractivity contribution in [2.75, 3.05) is 7.11 Å². The third kappa shape index (κ3) is 4.04. The van der Waals surface area contributed by atoms with Crippen LogP contribution in [-0.4, -0.2) is 43.4 Å². The van der Waals surface area contributed by atoms with E-state index in [1.807, 2.05) is 19.9 Å². The van der Waals surface area contributed by atoms with Gasteiger partial charge in [-0.3, -0.25) is 8.98 Å². The Morgan fingerprint density at radius 1 is 1.00 bits per heavy atom. The number of carbonyl (C=O) groups is 1. The zero-order valence-corrected chi connectivity index (χ0v) is 25.7. The maximum atomic E-state index is 13.3. The fourth-order valence-corrected chi connectivity index (χ4v) is 12.4. The van der Waals surface area contributed by atoms with E-state index in [2.05, 4.69) is 20.8 Å². The molecular formula is C31H49O7S-. The number of aliphatic hydroxyl groups excluding tert-OH is 1. The van der Waals surface area contributed by atoms with E-state index in [1.165, 1.54) is 20.0 Å². The maximum absolute atomic E-state index is 13.3. The van der Waals surface area contributed by atoms with Crippen LogP contribution in [0.4, 0.5) is 0 Å². The largest absolute Gasteiger partial charge is 0.726 e. The van der Waals surface area contributed by atoms with Gasteiger partial charge in [-0.2, -0.15) is 0 Å². The van der Waals surface area contributed by atoms with Gasteiger partial charge < -0.3 is 14.4 Å². The summed E-state index contributed by atoms with van der Waals surface area (Å²) in [7, 11) is -3.60. The van der Waals surface area contributed by atoms with Crippen LogP contribution in [0.3, 0.4) is 0 Å². The number of aliphatic hydroxyl groups is 1. The predicted octanol–water partition coefficient (Wildman–Crippen LogP) is 5.78. The lowest BCUT2D eigenvalue weighted by atomic mass is 9.41. The van der Waals surface area contributed by atoms with Gasteiger partial charge in [0.2, 0.25) is 10.4 Å². The molecule has 11 atom stereocenters. The Kier molecular flexibility index (Phi) is 7.02. The smallest absolute Gasteiger partial charge is 0.314 e. The summed E-state index contributed by atoms with van der Waals surface area (Å²) >= 11 is 0. The number of esters is 1. The highest BCUT2D eigenvalue weighted by Crippen LogP contribution is 2.89. The molecule has 0 aromatic carbocycles. The molecule has 0 amide bonds. The van der Waals surface area contributed by atoms with E-state index < -0.39 is 34.0 Å². The van der Waals surface area contributed by atoms with Crippen molar-refractivity contribution in [3.63, 3.8) is 0 Å². The molecule has 2 spiro atoms.